The largest absolute Gasteiger partial charge is 0.395 e. The monoisotopic (exact) mass is 202 g/mol. The summed E-state index contributed by atoms with van der Waals surface area (Å²) in [7, 11) is 1.65. The number of hydrogen-bond donors (Lipinski definition) is 3. The summed E-state index contributed by atoms with van der Waals surface area (Å²) in [6.45, 7) is 0.704. The van der Waals surface area contributed by atoms with Crippen molar-refractivity contribution in [3.05, 3.63) is 0 Å². The summed E-state index contributed by atoms with van der Waals surface area (Å²) in [5, 5.41) is 12.5. The van der Waals surface area contributed by atoms with Crippen LogP contribution in [-0.4, -0.2) is 43.6 Å². The number of methoxy groups -OCH3 is 1. The predicted octanol–water partition coefficient (Wildman–Crippen LogP) is -0.147. The lowest BCUT2D eigenvalue weighted by atomic mass is 9.91. The number of aliphatic hydroxyl groups excluding tert-OH is 1. The van der Waals surface area contributed by atoms with Crippen molar-refractivity contribution in [2.75, 3.05) is 20.3 Å². The van der Waals surface area contributed by atoms with Gasteiger partial charge in [0.2, 0.25) is 0 Å². The van der Waals surface area contributed by atoms with Gasteiger partial charge in [-0.2, -0.15) is 0 Å². The van der Waals surface area contributed by atoms with E-state index in [1.165, 1.54) is 0 Å². The molecular weight excluding hydrogens is 180 g/mol. The van der Waals surface area contributed by atoms with Crippen LogP contribution in [0.25, 0.3) is 0 Å². The third-order valence-corrected chi connectivity index (χ3v) is 2.83. The van der Waals surface area contributed by atoms with Gasteiger partial charge in [0.25, 0.3) is 0 Å². The average Bonchev–Trinajstić information content (AvgIpc) is 2.20. The van der Waals surface area contributed by atoms with Gasteiger partial charge in [0.05, 0.1) is 19.3 Å². The summed E-state index contributed by atoms with van der Waals surface area (Å²) < 4.78 is 5.01. The van der Waals surface area contributed by atoms with E-state index in [2.05, 4.69) is 5.32 Å². The topological polar surface area (TPSA) is 67.5 Å². The van der Waals surface area contributed by atoms with Crippen molar-refractivity contribution in [1.29, 1.82) is 0 Å². The highest BCUT2D eigenvalue weighted by atomic mass is 16.5. The number of rotatable bonds is 5. The van der Waals surface area contributed by atoms with Gasteiger partial charge in [-0.15, -0.1) is 0 Å². The molecule has 0 bridgehead atoms. The molecule has 0 heterocycles. The van der Waals surface area contributed by atoms with Crippen LogP contribution >= 0.6 is 0 Å². The standard InChI is InChI=1S/C10H22N2O2/c1-14-7-10(6-13)12-9-4-2-8(11)3-5-9/h8-10,12-13H,2-7,11H2,1H3. The van der Waals surface area contributed by atoms with Crippen molar-refractivity contribution >= 4 is 0 Å². The molecule has 14 heavy (non-hydrogen) atoms. The van der Waals surface area contributed by atoms with Gasteiger partial charge < -0.3 is 20.9 Å². The lowest BCUT2D eigenvalue weighted by Crippen LogP contribution is -2.46. The quantitative estimate of drug-likeness (QED) is 0.580. The zero-order valence-electron chi connectivity index (χ0n) is 8.91. The van der Waals surface area contributed by atoms with E-state index in [-0.39, 0.29) is 12.6 Å². The van der Waals surface area contributed by atoms with Crippen LogP contribution < -0.4 is 11.1 Å². The number of nitrogens with one attached hydrogen (secondary N) is 1. The molecule has 4 nitrogen and oxygen atoms in total. The Morgan fingerprint density at radius 3 is 2.57 bits per heavy atom. The van der Waals surface area contributed by atoms with Crippen LogP contribution in [0.5, 0.6) is 0 Å². The zero-order valence-corrected chi connectivity index (χ0v) is 8.91. The molecule has 1 atom stereocenters. The molecule has 1 rings (SSSR count). The van der Waals surface area contributed by atoms with Gasteiger partial charge in [-0.1, -0.05) is 0 Å². The normalized spacial score (nSPS) is 30.2. The fraction of sp³-hybridized carbons (Fsp3) is 1.00. The molecule has 0 saturated heterocycles. The van der Waals surface area contributed by atoms with Gasteiger partial charge in [-0.25, -0.2) is 0 Å². The van der Waals surface area contributed by atoms with Gasteiger partial charge in [-0.3, -0.25) is 0 Å². The second kappa shape index (κ2) is 6.35. The van der Waals surface area contributed by atoms with E-state index >= 15 is 0 Å². The molecule has 0 spiro atoms. The maximum atomic E-state index is 9.07. The Kier molecular flexibility index (Phi) is 5.40. The highest BCUT2D eigenvalue weighted by Gasteiger charge is 2.20. The van der Waals surface area contributed by atoms with Gasteiger partial charge in [0.15, 0.2) is 0 Å². The first-order chi connectivity index (χ1) is 6.76. The molecule has 0 aromatic heterocycles. The van der Waals surface area contributed by atoms with Crippen LogP contribution in [0.15, 0.2) is 0 Å². The molecule has 1 unspecified atom stereocenters. The maximum absolute atomic E-state index is 9.07. The summed E-state index contributed by atoms with van der Waals surface area (Å²) in [5.41, 5.74) is 5.82. The Balaban J connectivity index is 2.21. The maximum Gasteiger partial charge on any atom is 0.0638 e. The summed E-state index contributed by atoms with van der Waals surface area (Å²) in [5.74, 6) is 0. The van der Waals surface area contributed by atoms with Crippen molar-refractivity contribution in [2.24, 2.45) is 5.73 Å². The minimum absolute atomic E-state index is 0.0688. The van der Waals surface area contributed by atoms with Crippen LogP contribution in [0.1, 0.15) is 25.7 Å². The first-order valence-electron chi connectivity index (χ1n) is 5.37. The highest BCUT2D eigenvalue weighted by molar-refractivity contribution is 4.81. The fourth-order valence-electron chi connectivity index (χ4n) is 1.97. The third kappa shape index (κ3) is 3.92. The lowest BCUT2D eigenvalue weighted by molar-refractivity contribution is 0.117. The van der Waals surface area contributed by atoms with E-state index in [4.69, 9.17) is 15.6 Å². The molecule has 84 valence electrons. The van der Waals surface area contributed by atoms with E-state index in [0.717, 1.165) is 25.7 Å². The number of ether oxygens (including phenoxy) is 1. The molecule has 0 amide bonds. The Morgan fingerprint density at radius 2 is 2.07 bits per heavy atom. The van der Waals surface area contributed by atoms with Gasteiger partial charge in [0, 0.05) is 19.2 Å². The lowest BCUT2D eigenvalue weighted by Gasteiger charge is -2.29. The molecule has 1 saturated carbocycles. The molecule has 0 aromatic rings. The van der Waals surface area contributed by atoms with E-state index < -0.39 is 0 Å². The molecular formula is C10H22N2O2. The van der Waals surface area contributed by atoms with Crippen molar-refractivity contribution in [3.63, 3.8) is 0 Å². The summed E-state index contributed by atoms with van der Waals surface area (Å²) >= 11 is 0. The smallest absolute Gasteiger partial charge is 0.0638 e. The fourth-order valence-corrected chi connectivity index (χ4v) is 1.97. The Hall–Kier alpha value is -0.160. The number of nitrogens with two attached hydrogens (primary N) is 1. The molecule has 1 aliphatic carbocycles. The second-order valence-electron chi connectivity index (χ2n) is 4.11. The van der Waals surface area contributed by atoms with Crippen LogP contribution in [0.2, 0.25) is 0 Å². The predicted molar refractivity (Wildman–Crippen MR) is 56.1 cm³/mol. The van der Waals surface area contributed by atoms with Gasteiger partial charge >= 0.3 is 0 Å². The highest BCUT2D eigenvalue weighted by Crippen LogP contribution is 2.17. The molecule has 4 heteroatoms. The van der Waals surface area contributed by atoms with E-state index in [0.29, 0.717) is 18.7 Å². The minimum atomic E-state index is 0.0688. The molecule has 1 aliphatic rings. The van der Waals surface area contributed by atoms with Crippen LogP contribution in [0, 0.1) is 0 Å². The molecule has 0 radical (unpaired) electrons. The van der Waals surface area contributed by atoms with Gasteiger partial charge in [0.1, 0.15) is 0 Å². The first kappa shape index (κ1) is 11.9. The van der Waals surface area contributed by atoms with E-state index in [9.17, 15) is 0 Å². The van der Waals surface area contributed by atoms with Crippen molar-refractivity contribution in [1.82, 2.24) is 5.32 Å². The average molecular weight is 202 g/mol. The van der Waals surface area contributed by atoms with Crippen molar-refractivity contribution in [3.8, 4) is 0 Å². The van der Waals surface area contributed by atoms with Gasteiger partial charge in [-0.05, 0) is 25.7 Å². The molecule has 1 fully saturated rings. The minimum Gasteiger partial charge on any atom is -0.395 e. The summed E-state index contributed by atoms with van der Waals surface area (Å²) in [6, 6.07) is 0.949. The molecule has 0 aliphatic heterocycles. The zero-order chi connectivity index (χ0) is 10.4. The first-order valence-corrected chi connectivity index (χ1v) is 5.37. The van der Waals surface area contributed by atoms with Crippen molar-refractivity contribution < 1.29 is 9.84 Å². The van der Waals surface area contributed by atoms with Crippen LogP contribution in [0.4, 0.5) is 0 Å². The second-order valence-corrected chi connectivity index (χ2v) is 4.11. The molecule has 4 N–H and O–H groups in total. The summed E-state index contributed by atoms with van der Waals surface area (Å²) in [4.78, 5) is 0. The van der Waals surface area contributed by atoms with E-state index in [1.54, 1.807) is 7.11 Å². The van der Waals surface area contributed by atoms with E-state index in [1.807, 2.05) is 0 Å². The van der Waals surface area contributed by atoms with Crippen molar-refractivity contribution in [2.45, 2.75) is 43.8 Å². The molecule has 0 aromatic carbocycles. The SMILES string of the molecule is COCC(CO)NC1CCC(N)CC1. The Morgan fingerprint density at radius 1 is 1.43 bits per heavy atom. The summed E-state index contributed by atoms with van der Waals surface area (Å²) in [6.07, 6.45) is 4.40. The van der Waals surface area contributed by atoms with Crippen LogP contribution in [0.3, 0.4) is 0 Å². The van der Waals surface area contributed by atoms with Crippen LogP contribution in [-0.2, 0) is 4.74 Å². The number of hydrogen-bond acceptors (Lipinski definition) is 4. The Bertz CT molecular complexity index is 147. The third-order valence-electron chi connectivity index (χ3n) is 2.83. The number of aliphatic hydroxyl groups is 1. The Labute approximate surface area is 85.8 Å².